The van der Waals surface area contributed by atoms with Gasteiger partial charge in [0.25, 0.3) is 0 Å². The van der Waals surface area contributed by atoms with Crippen molar-refractivity contribution in [2.45, 2.75) is 13.5 Å². The van der Waals surface area contributed by atoms with Crippen molar-refractivity contribution >= 4 is 12.1 Å². The van der Waals surface area contributed by atoms with Crippen LogP contribution in [0.2, 0.25) is 0 Å². The van der Waals surface area contributed by atoms with Crippen molar-refractivity contribution in [1.82, 2.24) is 10.2 Å². The summed E-state index contributed by atoms with van der Waals surface area (Å²) >= 11 is 0. The Balaban J connectivity index is 2.15. The van der Waals surface area contributed by atoms with Gasteiger partial charge in [-0.3, -0.25) is 4.79 Å². The molecule has 1 N–H and O–H groups in total. The summed E-state index contributed by atoms with van der Waals surface area (Å²) in [6.45, 7) is 6.46. The molecule has 98 valence electrons. The third-order valence-electron chi connectivity index (χ3n) is 3.41. The van der Waals surface area contributed by atoms with E-state index in [9.17, 15) is 4.79 Å². The van der Waals surface area contributed by atoms with Gasteiger partial charge >= 0.3 is 0 Å². The van der Waals surface area contributed by atoms with E-state index in [1.165, 1.54) is 16.8 Å². The second-order valence-electron chi connectivity index (χ2n) is 4.79. The van der Waals surface area contributed by atoms with Gasteiger partial charge in [-0.25, -0.2) is 0 Å². The molecule has 1 saturated heterocycles. The number of carbonyl (C=O) groups excluding carboxylic acids is 1. The van der Waals surface area contributed by atoms with E-state index in [1.54, 1.807) is 0 Å². The zero-order valence-corrected chi connectivity index (χ0v) is 11.1. The Hall–Kier alpha value is -1.55. The summed E-state index contributed by atoms with van der Waals surface area (Å²) in [4.78, 5) is 14.9. The van der Waals surface area contributed by atoms with Crippen molar-refractivity contribution in [3.8, 4) is 0 Å². The number of hydrogen-bond donors (Lipinski definition) is 1. The summed E-state index contributed by atoms with van der Waals surface area (Å²) < 4.78 is 0. The van der Waals surface area contributed by atoms with Gasteiger partial charge in [0.15, 0.2) is 0 Å². The number of aryl methyl sites for hydroxylation is 1. The summed E-state index contributed by atoms with van der Waals surface area (Å²) in [5.41, 5.74) is 3.91. The number of amides is 1. The standard InChI is InChI=1S/C14H21N3O/c1-12-3-4-14(13(9-12)10-15-2)17-7-5-16(11-18)6-8-17/h3-4,9,11,15H,5-8,10H2,1-2H3. The normalized spacial score (nSPS) is 15.9. The smallest absolute Gasteiger partial charge is 0.209 e. The van der Waals surface area contributed by atoms with Gasteiger partial charge in [0.05, 0.1) is 0 Å². The Labute approximate surface area is 109 Å². The van der Waals surface area contributed by atoms with Gasteiger partial charge in [-0.05, 0) is 25.6 Å². The monoisotopic (exact) mass is 247 g/mol. The lowest BCUT2D eigenvalue weighted by Gasteiger charge is -2.35. The van der Waals surface area contributed by atoms with Gasteiger partial charge in [0.1, 0.15) is 0 Å². The first-order valence-electron chi connectivity index (χ1n) is 6.43. The molecule has 0 radical (unpaired) electrons. The van der Waals surface area contributed by atoms with Crippen LogP contribution >= 0.6 is 0 Å². The van der Waals surface area contributed by atoms with Crippen molar-refractivity contribution in [2.75, 3.05) is 38.1 Å². The third-order valence-corrected chi connectivity index (χ3v) is 3.41. The second kappa shape index (κ2) is 5.87. The van der Waals surface area contributed by atoms with E-state index >= 15 is 0 Å². The molecule has 1 aromatic carbocycles. The summed E-state index contributed by atoms with van der Waals surface area (Å²) in [5.74, 6) is 0. The van der Waals surface area contributed by atoms with Gasteiger partial charge in [-0.15, -0.1) is 0 Å². The Morgan fingerprint density at radius 2 is 2.00 bits per heavy atom. The Bertz CT molecular complexity index is 412. The Morgan fingerprint density at radius 1 is 1.28 bits per heavy atom. The molecule has 1 aliphatic rings. The van der Waals surface area contributed by atoms with Gasteiger partial charge in [-0.1, -0.05) is 17.7 Å². The van der Waals surface area contributed by atoms with Crippen LogP contribution in [0.1, 0.15) is 11.1 Å². The molecule has 2 rings (SSSR count). The summed E-state index contributed by atoms with van der Waals surface area (Å²) in [6, 6.07) is 6.58. The molecule has 0 aromatic heterocycles. The number of piperazine rings is 1. The lowest BCUT2D eigenvalue weighted by atomic mass is 10.1. The maximum Gasteiger partial charge on any atom is 0.209 e. The predicted molar refractivity (Wildman–Crippen MR) is 73.8 cm³/mol. The zero-order valence-electron chi connectivity index (χ0n) is 11.1. The van der Waals surface area contributed by atoms with E-state index in [0.717, 1.165) is 39.1 Å². The van der Waals surface area contributed by atoms with E-state index in [4.69, 9.17) is 0 Å². The molecule has 1 aromatic rings. The van der Waals surface area contributed by atoms with Crippen LogP contribution in [0.5, 0.6) is 0 Å². The van der Waals surface area contributed by atoms with Crippen LogP contribution in [0, 0.1) is 6.92 Å². The molecule has 0 aliphatic carbocycles. The SMILES string of the molecule is CNCc1cc(C)ccc1N1CCN(C=O)CC1. The minimum atomic E-state index is 0.816. The Morgan fingerprint density at radius 3 is 2.61 bits per heavy atom. The van der Waals surface area contributed by atoms with E-state index < -0.39 is 0 Å². The first kappa shape index (κ1) is 12.9. The predicted octanol–water partition coefficient (Wildman–Crippen LogP) is 0.993. The molecule has 1 amide bonds. The van der Waals surface area contributed by atoms with Crippen LogP contribution in [0.4, 0.5) is 5.69 Å². The van der Waals surface area contributed by atoms with Gasteiger partial charge in [0, 0.05) is 38.4 Å². The summed E-state index contributed by atoms with van der Waals surface area (Å²) in [6.07, 6.45) is 0.945. The van der Waals surface area contributed by atoms with E-state index in [2.05, 4.69) is 35.3 Å². The lowest BCUT2D eigenvalue weighted by Crippen LogP contribution is -2.46. The van der Waals surface area contributed by atoms with Crippen molar-refractivity contribution in [1.29, 1.82) is 0 Å². The third kappa shape index (κ3) is 2.82. The second-order valence-corrected chi connectivity index (χ2v) is 4.79. The van der Waals surface area contributed by atoms with Gasteiger partial charge < -0.3 is 15.1 Å². The molecule has 4 heteroatoms. The van der Waals surface area contributed by atoms with Gasteiger partial charge in [-0.2, -0.15) is 0 Å². The number of nitrogens with one attached hydrogen (secondary N) is 1. The number of nitrogens with zero attached hydrogens (tertiary/aromatic N) is 2. The van der Waals surface area contributed by atoms with Crippen LogP contribution in [0.25, 0.3) is 0 Å². The topological polar surface area (TPSA) is 35.6 Å². The molecule has 0 bridgehead atoms. The molecule has 4 nitrogen and oxygen atoms in total. The highest BCUT2D eigenvalue weighted by atomic mass is 16.1. The van der Waals surface area contributed by atoms with Crippen LogP contribution in [0.15, 0.2) is 18.2 Å². The number of anilines is 1. The molecule has 0 unspecified atom stereocenters. The van der Waals surface area contributed by atoms with Crippen molar-refractivity contribution in [3.05, 3.63) is 29.3 Å². The van der Waals surface area contributed by atoms with E-state index in [0.29, 0.717) is 0 Å². The molecular weight excluding hydrogens is 226 g/mol. The van der Waals surface area contributed by atoms with Crippen molar-refractivity contribution < 1.29 is 4.79 Å². The maximum absolute atomic E-state index is 10.7. The number of rotatable bonds is 4. The molecular formula is C14H21N3O. The zero-order chi connectivity index (χ0) is 13.0. The quantitative estimate of drug-likeness (QED) is 0.806. The van der Waals surface area contributed by atoms with Crippen molar-refractivity contribution in [3.63, 3.8) is 0 Å². The number of hydrogen-bond acceptors (Lipinski definition) is 3. The Kier molecular flexibility index (Phi) is 4.20. The molecule has 18 heavy (non-hydrogen) atoms. The highest BCUT2D eigenvalue weighted by Crippen LogP contribution is 2.23. The molecule has 1 heterocycles. The minimum Gasteiger partial charge on any atom is -0.368 e. The van der Waals surface area contributed by atoms with E-state index in [1.807, 2.05) is 11.9 Å². The molecule has 1 fully saturated rings. The average Bonchev–Trinajstić information content (AvgIpc) is 2.40. The minimum absolute atomic E-state index is 0.816. The van der Waals surface area contributed by atoms with Crippen LogP contribution in [0.3, 0.4) is 0 Å². The molecule has 1 aliphatic heterocycles. The first-order valence-corrected chi connectivity index (χ1v) is 6.43. The van der Waals surface area contributed by atoms with Crippen molar-refractivity contribution in [2.24, 2.45) is 0 Å². The fraction of sp³-hybridized carbons (Fsp3) is 0.500. The fourth-order valence-corrected chi connectivity index (χ4v) is 2.42. The lowest BCUT2D eigenvalue weighted by molar-refractivity contribution is -0.118. The van der Waals surface area contributed by atoms with E-state index in [-0.39, 0.29) is 0 Å². The van der Waals surface area contributed by atoms with Crippen LogP contribution in [-0.4, -0.2) is 44.5 Å². The first-order chi connectivity index (χ1) is 8.74. The molecule has 0 atom stereocenters. The number of carbonyl (C=O) groups is 1. The highest BCUT2D eigenvalue weighted by molar-refractivity contribution is 5.56. The number of benzene rings is 1. The van der Waals surface area contributed by atoms with Crippen LogP contribution < -0.4 is 10.2 Å². The maximum atomic E-state index is 10.7. The van der Waals surface area contributed by atoms with Gasteiger partial charge in [0.2, 0.25) is 6.41 Å². The molecule has 0 saturated carbocycles. The summed E-state index contributed by atoms with van der Waals surface area (Å²) in [5, 5.41) is 3.22. The van der Waals surface area contributed by atoms with Crippen LogP contribution in [-0.2, 0) is 11.3 Å². The summed E-state index contributed by atoms with van der Waals surface area (Å²) in [7, 11) is 1.97. The largest absolute Gasteiger partial charge is 0.368 e. The fourth-order valence-electron chi connectivity index (χ4n) is 2.42. The highest BCUT2D eigenvalue weighted by Gasteiger charge is 2.17. The molecule has 0 spiro atoms. The average molecular weight is 247 g/mol.